The van der Waals surface area contributed by atoms with E-state index < -0.39 is 11.4 Å². The van der Waals surface area contributed by atoms with Crippen molar-refractivity contribution in [2.45, 2.75) is 26.7 Å². The molecule has 4 heteroatoms. The maximum absolute atomic E-state index is 10.4. The van der Waals surface area contributed by atoms with Crippen LogP contribution >= 0.6 is 0 Å². The van der Waals surface area contributed by atoms with E-state index >= 15 is 0 Å². The van der Waals surface area contributed by atoms with E-state index in [0.29, 0.717) is 11.7 Å². The second-order valence-corrected chi connectivity index (χ2v) is 4.07. The van der Waals surface area contributed by atoms with Crippen molar-refractivity contribution in [1.29, 1.82) is 0 Å². The van der Waals surface area contributed by atoms with Gasteiger partial charge in [-0.15, -0.1) is 0 Å². The van der Waals surface area contributed by atoms with Crippen molar-refractivity contribution >= 4 is 11.4 Å². The van der Waals surface area contributed by atoms with Gasteiger partial charge in [0.2, 0.25) is 0 Å². The summed E-state index contributed by atoms with van der Waals surface area (Å²) in [5, 5.41) is 0. The van der Waals surface area contributed by atoms with Crippen LogP contribution in [0.1, 0.15) is 30.9 Å². The molecule has 1 N–H and O–H groups in total. The normalized spacial score (nSPS) is 12.9. The Hall–Kier alpha value is -0.870. The van der Waals surface area contributed by atoms with Crippen LogP contribution in [-0.2, 0) is 11.4 Å². The molecule has 0 amide bonds. The predicted octanol–water partition coefficient (Wildman–Crippen LogP) is 2.63. The lowest BCUT2D eigenvalue weighted by Crippen LogP contribution is -1.99. The summed E-state index contributed by atoms with van der Waals surface area (Å²) in [5.41, 5.74) is 2.30. The summed E-state index contributed by atoms with van der Waals surface area (Å²) >= 11 is -2.24. The Morgan fingerprint density at radius 2 is 2.07 bits per heavy atom. The third-order valence-electron chi connectivity index (χ3n) is 2.04. The lowest BCUT2D eigenvalue weighted by molar-refractivity contribution is 0.457. The first-order valence-corrected chi connectivity index (χ1v) is 5.43. The maximum atomic E-state index is 10.4. The zero-order chi connectivity index (χ0) is 10.7. The number of hydrogen-bond donors (Lipinski definition) is 1. The van der Waals surface area contributed by atoms with Crippen LogP contribution in [0.2, 0.25) is 0 Å². The van der Waals surface area contributed by atoms with E-state index in [4.69, 9.17) is 4.55 Å². The molecule has 0 saturated carbocycles. The molecule has 0 heterocycles. The van der Waals surface area contributed by atoms with Crippen molar-refractivity contribution in [3.63, 3.8) is 0 Å². The second kappa shape index (κ2) is 4.57. The molecular formula is C10H14O3S. The van der Waals surface area contributed by atoms with Gasteiger partial charge >= 0.3 is 11.4 Å². The number of hydrogen-bond acceptors (Lipinski definition) is 2. The van der Waals surface area contributed by atoms with Gasteiger partial charge in [0, 0.05) is 0 Å². The molecule has 0 aliphatic carbocycles. The van der Waals surface area contributed by atoms with Gasteiger partial charge in [0.25, 0.3) is 0 Å². The van der Waals surface area contributed by atoms with E-state index in [2.05, 4.69) is 18.0 Å². The van der Waals surface area contributed by atoms with Crippen LogP contribution in [0.3, 0.4) is 0 Å². The highest BCUT2D eigenvalue weighted by Crippen LogP contribution is 2.24. The fourth-order valence-corrected chi connectivity index (χ4v) is 1.64. The third-order valence-corrected chi connectivity index (χ3v) is 2.38. The van der Waals surface area contributed by atoms with Crippen LogP contribution in [0.25, 0.3) is 0 Å². The number of benzene rings is 1. The molecule has 1 atom stereocenters. The first-order valence-electron chi connectivity index (χ1n) is 4.40. The van der Waals surface area contributed by atoms with Crippen molar-refractivity contribution < 1.29 is 12.9 Å². The van der Waals surface area contributed by atoms with Gasteiger partial charge in [0.05, 0.1) is 0 Å². The minimum absolute atomic E-state index is 0.380. The first-order chi connectivity index (χ1) is 6.50. The minimum atomic E-state index is -2.24. The highest BCUT2D eigenvalue weighted by molar-refractivity contribution is 7.74. The van der Waals surface area contributed by atoms with Crippen LogP contribution in [0.5, 0.6) is 5.75 Å². The van der Waals surface area contributed by atoms with Crippen molar-refractivity contribution in [3.05, 3.63) is 29.3 Å². The fourth-order valence-electron chi connectivity index (χ4n) is 1.37. The molecule has 0 aromatic heterocycles. The topological polar surface area (TPSA) is 46.5 Å². The fraction of sp³-hybridized carbons (Fsp3) is 0.400. The van der Waals surface area contributed by atoms with Crippen LogP contribution in [0.4, 0.5) is 0 Å². The lowest BCUT2D eigenvalue weighted by Gasteiger charge is -2.10. The molecule has 14 heavy (non-hydrogen) atoms. The average Bonchev–Trinajstić information content (AvgIpc) is 2.07. The summed E-state index contributed by atoms with van der Waals surface area (Å²) in [6, 6.07) is 5.38. The predicted molar refractivity (Wildman–Crippen MR) is 56.7 cm³/mol. The van der Waals surface area contributed by atoms with E-state index in [1.165, 1.54) is 0 Å². The molecule has 0 radical (unpaired) electrons. The van der Waals surface area contributed by atoms with Gasteiger partial charge < -0.3 is 4.18 Å². The summed E-state index contributed by atoms with van der Waals surface area (Å²) in [6.07, 6.45) is 0. The third kappa shape index (κ3) is 2.82. The molecule has 1 unspecified atom stereocenters. The summed E-state index contributed by atoms with van der Waals surface area (Å²) in [7, 11) is 0. The molecule has 0 aliphatic rings. The van der Waals surface area contributed by atoms with E-state index in [1.54, 1.807) is 12.1 Å². The van der Waals surface area contributed by atoms with Gasteiger partial charge in [0.15, 0.2) is 0 Å². The van der Waals surface area contributed by atoms with Crippen molar-refractivity contribution in [1.82, 2.24) is 0 Å². The summed E-state index contributed by atoms with van der Waals surface area (Å²) in [5.74, 6) is 0.811. The molecular weight excluding hydrogens is 200 g/mol. The van der Waals surface area contributed by atoms with Crippen LogP contribution in [-0.4, -0.2) is 8.76 Å². The number of aryl methyl sites for hydroxylation is 1. The van der Waals surface area contributed by atoms with Gasteiger partial charge in [0.1, 0.15) is 5.75 Å². The molecule has 0 saturated heterocycles. The Balaban J connectivity index is 3.00. The van der Waals surface area contributed by atoms with Crippen LogP contribution < -0.4 is 4.18 Å². The lowest BCUT2D eigenvalue weighted by atomic mass is 9.98. The molecule has 0 fully saturated rings. The van der Waals surface area contributed by atoms with Gasteiger partial charge in [-0.2, -0.15) is 4.21 Å². The highest BCUT2D eigenvalue weighted by Gasteiger charge is 2.06. The van der Waals surface area contributed by atoms with Crippen molar-refractivity contribution in [2.24, 2.45) is 0 Å². The van der Waals surface area contributed by atoms with Crippen LogP contribution in [0.15, 0.2) is 18.2 Å². The zero-order valence-electron chi connectivity index (χ0n) is 8.48. The SMILES string of the molecule is Cc1ccc(OS(=O)O)cc1C(C)C. The molecule has 0 spiro atoms. The van der Waals surface area contributed by atoms with E-state index in [9.17, 15) is 4.21 Å². The van der Waals surface area contributed by atoms with Crippen LogP contribution in [0, 0.1) is 6.92 Å². The van der Waals surface area contributed by atoms with Crippen molar-refractivity contribution in [2.75, 3.05) is 0 Å². The quantitative estimate of drug-likeness (QED) is 0.787. The van der Waals surface area contributed by atoms with Gasteiger partial charge in [-0.25, -0.2) is 0 Å². The Bertz CT molecular complexity index is 347. The smallest absolute Gasteiger partial charge is 0.357 e. The molecule has 3 nitrogen and oxygen atoms in total. The minimum Gasteiger partial charge on any atom is -0.380 e. The van der Waals surface area contributed by atoms with Gasteiger partial charge in [-0.05, 0) is 36.1 Å². The number of rotatable bonds is 3. The Morgan fingerprint density at radius 1 is 1.43 bits per heavy atom. The Kier molecular flexibility index (Phi) is 3.66. The monoisotopic (exact) mass is 214 g/mol. The second-order valence-electron chi connectivity index (χ2n) is 3.47. The zero-order valence-corrected chi connectivity index (χ0v) is 9.30. The molecule has 0 aliphatic heterocycles. The largest absolute Gasteiger partial charge is 0.380 e. The van der Waals surface area contributed by atoms with Gasteiger partial charge in [-0.1, -0.05) is 19.9 Å². The standard InChI is InChI=1S/C10H14O3S/c1-7(2)10-6-9(13-14(11)12)5-4-8(10)3/h4-7H,1-3H3,(H,11,12). The molecule has 78 valence electrons. The first kappa shape index (κ1) is 11.2. The Labute approximate surface area is 86.6 Å². The van der Waals surface area contributed by atoms with E-state index in [1.807, 2.05) is 13.0 Å². The molecule has 1 rings (SSSR count). The van der Waals surface area contributed by atoms with E-state index in [0.717, 1.165) is 11.1 Å². The Morgan fingerprint density at radius 3 is 2.57 bits per heavy atom. The van der Waals surface area contributed by atoms with Gasteiger partial charge in [-0.3, -0.25) is 4.55 Å². The molecule has 1 aromatic carbocycles. The summed E-state index contributed by atoms with van der Waals surface area (Å²) in [4.78, 5) is 0. The summed E-state index contributed by atoms with van der Waals surface area (Å²) in [6.45, 7) is 6.15. The molecule has 0 bridgehead atoms. The molecule has 1 aromatic rings. The highest BCUT2D eigenvalue weighted by atomic mass is 32.2. The summed E-state index contributed by atoms with van der Waals surface area (Å²) < 4.78 is 23.7. The maximum Gasteiger partial charge on any atom is 0.357 e. The average molecular weight is 214 g/mol. The van der Waals surface area contributed by atoms with E-state index in [-0.39, 0.29) is 0 Å². The van der Waals surface area contributed by atoms with Crippen molar-refractivity contribution in [3.8, 4) is 5.75 Å².